The Morgan fingerprint density at radius 3 is 2.66 bits per heavy atom. The van der Waals surface area contributed by atoms with Crippen molar-refractivity contribution in [1.82, 2.24) is 9.78 Å². The molecule has 2 aromatic carbocycles. The number of carboxylic acid groups (broad SMARTS) is 1. The molecule has 0 aliphatic carbocycles. The van der Waals surface area contributed by atoms with E-state index in [1.54, 1.807) is 6.07 Å². The smallest absolute Gasteiger partial charge is 0.352 e. The van der Waals surface area contributed by atoms with Gasteiger partial charge in [-0.15, -0.1) is 0 Å². The third kappa shape index (κ3) is 3.45. The lowest BCUT2D eigenvalue weighted by Crippen LogP contribution is -2.26. The van der Waals surface area contributed by atoms with Crippen molar-refractivity contribution in [3.8, 4) is 0 Å². The fourth-order valence-electron chi connectivity index (χ4n) is 3.09. The summed E-state index contributed by atoms with van der Waals surface area (Å²) >= 11 is 0. The van der Waals surface area contributed by atoms with E-state index in [9.17, 15) is 23.5 Å². The number of benzene rings is 2. The van der Waals surface area contributed by atoms with Crippen LogP contribution in [0.5, 0.6) is 0 Å². The van der Waals surface area contributed by atoms with E-state index < -0.39 is 29.6 Å². The minimum Gasteiger partial charge on any atom is -0.477 e. The lowest BCUT2D eigenvalue weighted by atomic mass is 10.0. The highest BCUT2D eigenvalue weighted by molar-refractivity contribution is 6.08. The molecule has 146 valence electrons. The highest BCUT2D eigenvalue weighted by Gasteiger charge is 2.30. The lowest BCUT2D eigenvalue weighted by molar-refractivity contribution is -0.132. The van der Waals surface area contributed by atoms with Crippen LogP contribution in [0.15, 0.2) is 66.5 Å². The van der Waals surface area contributed by atoms with Crippen LogP contribution in [0.1, 0.15) is 22.0 Å². The number of hydrogen-bond donors (Lipinski definition) is 3. The minimum absolute atomic E-state index is 0.0300. The van der Waals surface area contributed by atoms with Crippen molar-refractivity contribution in [3.63, 3.8) is 0 Å². The number of allylic oxidation sites excluding steroid dienone is 1. The topological polar surface area (TPSA) is 96.2 Å². The summed E-state index contributed by atoms with van der Waals surface area (Å²) in [6.07, 6.45) is 2.55. The van der Waals surface area contributed by atoms with Gasteiger partial charge < -0.3 is 15.7 Å². The Morgan fingerprint density at radius 2 is 1.93 bits per heavy atom. The average molecular weight is 396 g/mol. The maximum Gasteiger partial charge on any atom is 0.352 e. The fourth-order valence-corrected chi connectivity index (χ4v) is 3.09. The van der Waals surface area contributed by atoms with Gasteiger partial charge in [0.1, 0.15) is 34.8 Å². The van der Waals surface area contributed by atoms with Gasteiger partial charge in [0.05, 0.1) is 6.20 Å². The standard InChI is InChI=1S/C20H14F2N4O3/c21-11-4-3-5-12(8-11)24-19(27)14-10-23-26-17(13-6-1-2-7-15(13)22)9-16(20(28)29)25-18(14)26/h1-10,17,25H,(H,24,27)(H,28,29). The minimum atomic E-state index is -1.27. The van der Waals surface area contributed by atoms with Gasteiger partial charge in [0.15, 0.2) is 0 Å². The number of hydrogen-bond acceptors (Lipinski definition) is 4. The van der Waals surface area contributed by atoms with E-state index in [4.69, 9.17) is 0 Å². The summed E-state index contributed by atoms with van der Waals surface area (Å²) in [6.45, 7) is 0. The molecule has 7 nitrogen and oxygen atoms in total. The van der Waals surface area contributed by atoms with Crippen molar-refractivity contribution in [1.29, 1.82) is 0 Å². The highest BCUT2D eigenvalue weighted by atomic mass is 19.1. The molecule has 1 atom stereocenters. The predicted molar refractivity (Wildman–Crippen MR) is 100 cm³/mol. The molecule has 0 radical (unpaired) electrons. The molecule has 0 bridgehead atoms. The lowest BCUT2D eigenvalue weighted by Gasteiger charge is -2.24. The Kier molecular flexibility index (Phi) is 4.55. The van der Waals surface area contributed by atoms with Crippen molar-refractivity contribution in [3.05, 3.63) is 89.3 Å². The number of fused-ring (bicyclic) bond motifs is 1. The van der Waals surface area contributed by atoms with E-state index in [-0.39, 0.29) is 28.3 Å². The molecular weight excluding hydrogens is 382 g/mol. The molecule has 2 heterocycles. The summed E-state index contributed by atoms with van der Waals surface area (Å²) in [5, 5.41) is 18.8. The Bertz CT molecular complexity index is 1160. The molecule has 4 rings (SSSR count). The average Bonchev–Trinajstić information content (AvgIpc) is 3.12. The maximum absolute atomic E-state index is 14.3. The largest absolute Gasteiger partial charge is 0.477 e. The van der Waals surface area contributed by atoms with Crippen molar-refractivity contribution in [2.45, 2.75) is 6.04 Å². The zero-order valence-electron chi connectivity index (χ0n) is 14.8. The molecule has 1 amide bonds. The van der Waals surface area contributed by atoms with E-state index in [0.29, 0.717) is 0 Å². The van der Waals surface area contributed by atoms with Gasteiger partial charge in [-0.2, -0.15) is 5.10 Å². The molecule has 1 aliphatic heterocycles. The number of carbonyl (C=O) groups excluding carboxylic acids is 1. The summed E-state index contributed by atoms with van der Waals surface area (Å²) in [6, 6.07) is 10.4. The number of carbonyl (C=O) groups is 2. The highest BCUT2D eigenvalue weighted by Crippen LogP contribution is 2.33. The second-order valence-corrected chi connectivity index (χ2v) is 6.29. The maximum atomic E-state index is 14.3. The molecule has 0 spiro atoms. The number of aliphatic carboxylic acids is 1. The Morgan fingerprint density at radius 1 is 1.14 bits per heavy atom. The molecule has 0 fully saturated rings. The first-order valence-electron chi connectivity index (χ1n) is 8.55. The van der Waals surface area contributed by atoms with Gasteiger partial charge in [-0.3, -0.25) is 4.79 Å². The molecule has 0 saturated heterocycles. The summed E-state index contributed by atoms with van der Waals surface area (Å²) in [5.41, 5.74) is 0.244. The van der Waals surface area contributed by atoms with Crippen molar-refractivity contribution >= 4 is 23.4 Å². The van der Waals surface area contributed by atoms with E-state index in [1.807, 2.05) is 0 Å². The zero-order valence-corrected chi connectivity index (χ0v) is 14.8. The fraction of sp³-hybridized carbons (Fsp3) is 0.0500. The SMILES string of the molecule is O=C(O)C1=CC(c2ccccc2F)n2ncc(C(=O)Nc3cccc(F)c3)c2N1. The summed E-state index contributed by atoms with van der Waals surface area (Å²) in [4.78, 5) is 24.2. The second kappa shape index (κ2) is 7.19. The summed E-state index contributed by atoms with van der Waals surface area (Å²) in [7, 11) is 0. The molecule has 29 heavy (non-hydrogen) atoms. The molecule has 3 N–H and O–H groups in total. The quantitative estimate of drug-likeness (QED) is 0.628. The third-order valence-corrected chi connectivity index (χ3v) is 4.42. The van der Waals surface area contributed by atoms with Crippen molar-refractivity contribution in [2.75, 3.05) is 10.6 Å². The summed E-state index contributed by atoms with van der Waals surface area (Å²) in [5.74, 6) is -2.85. The Labute approximate surface area is 163 Å². The number of rotatable bonds is 4. The molecular formula is C20H14F2N4O3. The first kappa shape index (κ1) is 18.4. The van der Waals surface area contributed by atoms with Gasteiger partial charge >= 0.3 is 5.97 Å². The van der Waals surface area contributed by atoms with Gasteiger partial charge in [0, 0.05) is 11.3 Å². The molecule has 3 aromatic rings. The normalized spacial score (nSPS) is 15.1. The number of carboxylic acids is 1. The molecule has 1 unspecified atom stereocenters. The van der Waals surface area contributed by atoms with E-state index in [2.05, 4.69) is 15.7 Å². The second-order valence-electron chi connectivity index (χ2n) is 6.29. The summed E-state index contributed by atoms with van der Waals surface area (Å²) < 4.78 is 29.0. The van der Waals surface area contributed by atoms with Gasteiger partial charge in [-0.1, -0.05) is 24.3 Å². The first-order valence-corrected chi connectivity index (χ1v) is 8.55. The van der Waals surface area contributed by atoms with Crippen LogP contribution in [0.2, 0.25) is 0 Å². The first-order chi connectivity index (χ1) is 13.9. The van der Waals surface area contributed by atoms with E-state index in [0.717, 1.165) is 6.07 Å². The van der Waals surface area contributed by atoms with Crippen LogP contribution in [-0.2, 0) is 4.79 Å². The van der Waals surface area contributed by atoms with Gasteiger partial charge in [-0.05, 0) is 30.3 Å². The zero-order chi connectivity index (χ0) is 20.5. The van der Waals surface area contributed by atoms with Crippen LogP contribution in [0.25, 0.3) is 0 Å². The Balaban J connectivity index is 1.74. The monoisotopic (exact) mass is 396 g/mol. The van der Waals surface area contributed by atoms with Crippen LogP contribution in [0.4, 0.5) is 20.3 Å². The van der Waals surface area contributed by atoms with Gasteiger partial charge in [0.25, 0.3) is 5.91 Å². The van der Waals surface area contributed by atoms with Crippen LogP contribution in [-0.4, -0.2) is 26.8 Å². The number of nitrogens with one attached hydrogen (secondary N) is 2. The molecule has 1 aromatic heterocycles. The number of amides is 1. The van der Waals surface area contributed by atoms with Gasteiger partial charge in [-0.25, -0.2) is 18.3 Å². The Hall–Kier alpha value is -4.01. The predicted octanol–water partition coefficient (Wildman–Crippen LogP) is 3.40. The van der Waals surface area contributed by atoms with E-state index in [1.165, 1.54) is 53.4 Å². The molecule has 1 aliphatic rings. The van der Waals surface area contributed by atoms with Gasteiger partial charge in [0.2, 0.25) is 0 Å². The van der Waals surface area contributed by atoms with E-state index >= 15 is 0 Å². The van der Waals surface area contributed by atoms with Crippen molar-refractivity contribution in [2.24, 2.45) is 0 Å². The number of aromatic nitrogens is 2. The van der Waals surface area contributed by atoms with Crippen LogP contribution < -0.4 is 10.6 Å². The van der Waals surface area contributed by atoms with Crippen LogP contribution in [0.3, 0.4) is 0 Å². The third-order valence-electron chi connectivity index (χ3n) is 4.42. The number of halogens is 2. The number of anilines is 2. The molecule has 9 heteroatoms. The van der Waals surface area contributed by atoms with Crippen LogP contribution in [0, 0.1) is 11.6 Å². The number of nitrogens with zero attached hydrogens (tertiary/aromatic N) is 2. The van der Waals surface area contributed by atoms with Crippen molar-refractivity contribution < 1.29 is 23.5 Å². The molecule has 0 saturated carbocycles. The van der Waals surface area contributed by atoms with Crippen LogP contribution >= 0.6 is 0 Å².